The van der Waals surface area contributed by atoms with Crippen LogP contribution in [0, 0.1) is 0 Å². The Morgan fingerprint density at radius 3 is 2.68 bits per heavy atom. The van der Waals surface area contributed by atoms with Crippen LogP contribution in [-0.2, 0) is 11.3 Å². The number of hydrogen-bond acceptors (Lipinski definition) is 3. The standard InChI is InChI=1S/C15H25BrN2O/c1-5-12(2)18(8-9-19-4)14-7-6-13(11-17-3)15(16)10-14/h6-7,10,12,17H,5,8-9,11H2,1-4H3. The van der Waals surface area contributed by atoms with E-state index in [1.54, 1.807) is 7.11 Å². The molecule has 0 amide bonds. The molecule has 0 fully saturated rings. The zero-order valence-electron chi connectivity index (χ0n) is 12.4. The van der Waals surface area contributed by atoms with Crippen LogP contribution in [-0.4, -0.2) is 33.4 Å². The van der Waals surface area contributed by atoms with Gasteiger partial charge in [-0.15, -0.1) is 0 Å². The van der Waals surface area contributed by atoms with Gasteiger partial charge in [-0.05, 0) is 38.1 Å². The minimum Gasteiger partial charge on any atom is -0.383 e. The summed E-state index contributed by atoms with van der Waals surface area (Å²) in [4.78, 5) is 2.40. The van der Waals surface area contributed by atoms with Crippen molar-refractivity contribution in [3.63, 3.8) is 0 Å². The molecule has 1 rings (SSSR count). The van der Waals surface area contributed by atoms with Crippen LogP contribution in [0.5, 0.6) is 0 Å². The lowest BCUT2D eigenvalue weighted by molar-refractivity contribution is 0.203. The Morgan fingerprint density at radius 2 is 2.16 bits per heavy atom. The lowest BCUT2D eigenvalue weighted by Crippen LogP contribution is -2.35. The summed E-state index contributed by atoms with van der Waals surface area (Å²) in [5.74, 6) is 0. The highest BCUT2D eigenvalue weighted by atomic mass is 79.9. The van der Waals surface area contributed by atoms with Crippen LogP contribution in [0.15, 0.2) is 22.7 Å². The zero-order chi connectivity index (χ0) is 14.3. The highest BCUT2D eigenvalue weighted by Crippen LogP contribution is 2.26. The molecule has 0 saturated carbocycles. The van der Waals surface area contributed by atoms with Gasteiger partial charge in [0.05, 0.1) is 6.61 Å². The third-order valence-corrected chi connectivity index (χ3v) is 4.13. The SMILES string of the molecule is CCC(C)N(CCOC)c1ccc(CNC)c(Br)c1. The third kappa shape index (κ3) is 4.79. The minimum atomic E-state index is 0.511. The lowest BCUT2D eigenvalue weighted by Gasteiger charge is -2.31. The summed E-state index contributed by atoms with van der Waals surface area (Å²) in [6, 6.07) is 7.09. The zero-order valence-corrected chi connectivity index (χ0v) is 14.0. The maximum atomic E-state index is 5.22. The second-order valence-electron chi connectivity index (χ2n) is 4.75. The van der Waals surface area contributed by atoms with E-state index in [0.717, 1.165) is 30.6 Å². The van der Waals surface area contributed by atoms with Gasteiger partial charge in [0.25, 0.3) is 0 Å². The van der Waals surface area contributed by atoms with Crippen LogP contribution in [0.1, 0.15) is 25.8 Å². The van der Waals surface area contributed by atoms with E-state index in [1.807, 2.05) is 7.05 Å². The fraction of sp³-hybridized carbons (Fsp3) is 0.600. The Balaban J connectivity index is 2.92. The Hall–Kier alpha value is -0.580. The maximum Gasteiger partial charge on any atom is 0.0637 e. The van der Waals surface area contributed by atoms with Gasteiger partial charge in [0.15, 0.2) is 0 Å². The molecule has 0 bridgehead atoms. The molecule has 1 unspecified atom stereocenters. The van der Waals surface area contributed by atoms with Gasteiger partial charge >= 0.3 is 0 Å². The van der Waals surface area contributed by atoms with Crippen LogP contribution < -0.4 is 10.2 Å². The maximum absolute atomic E-state index is 5.22. The van der Waals surface area contributed by atoms with E-state index in [0.29, 0.717) is 6.04 Å². The quantitative estimate of drug-likeness (QED) is 0.791. The van der Waals surface area contributed by atoms with Gasteiger partial charge in [0.2, 0.25) is 0 Å². The van der Waals surface area contributed by atoms with Crippen LogP contribution >= 0.6 is 15.9 Å². The molecule has 0 spiro atoms. The van der Waals surface area contributed by atoms with E-state index in [-0.39, 0.29) is 0 Å². The largest absolute Gasteiger partial charge is 0.383 e. The molecule has 0 aliphatic heterocycles. The first kappa shape index (κ1) is 16.5. The van der Waals surface area contributed by atoms with Gasteiger partial charge in [-0.3, -0.25) is 0 Å². The Kier molecular flexibility index (Phi) is 7.42. The highest BCUT2D eigenvalue weighted by molar-refractivity contribution is 9.10. The molecular formula is C15H25BrN2O. The van der Waals surface area contributed by atoms with Crippen molar-refractivity contribution in [2.75, 3.05) is 32.2 Å². The molecular weight excluding hydrogens is 304 g/mol. The van der Waals surface area contributed by atoms with Crippen LogP contribution in [0.2, 0.25) is 0 Å². The second kappa shape index (κ2) is 8.56. The lowest BCUT2D eigenvalue weighted by atomic mass is 10.1. The number of ether oxygens (including phenoxy) is 1. The molecule has 1 atom stereocenters. The van der Waals surface area contributed by atoms with Gasteiger partial charge in [-0.2, -0.15) is 0 Å². The predicted molar refractivity (Wildman–Crippen MR) is 85.9 cm³/mol. The van der Waals surface area contributed by atoms with Crippen LogP contribution in [0.3, 0.4) is 0 Å². The molecule has 1 aromatic rings. The van der Waals surface area contributed by atoms with E-state index in [1.165, 1.54) is 11.3 Å². The molecule has 0 radical (unpaired) electrons. The van der Waals surface area contributed by atoms with Gasteiger partial charge < -0.3 is 15.0 Å². The summed E-state index contributed by atoms with van der Waals surface area (Å²) in [5.41, 5.74) is 2.53. The molecule has 19 heavy (non-hydrogen) atoms. The minimum absolute atomic E-state index is 0.511. The number of rotatable bonds is 8. The van der Waals surface area contributed by atoms with Gasteiger partial charge in [-0.25, -0.2) is 0 Å². The van der Waals surface area contributed by atoms with Crippen LogP contribution in [0.25, 0.3) is 0 Å². The fourth-order valence-electron chi connectivity index (χ4n) is 2.06. The Bertz CT molecular complexity index is 384. The first-order chi connectivity index (χ1) is 9.13. The number of anilines is 1. The first-order valence-electron chi connectivity index (χ1n) is 6.82. The van der Waals surface area contributed by atoms with Crippen molar-refractivity contribution in [3.8, 4) is 0 Å². The van der Waals surface area contributed by atoms with Crippen molar-refractivity contribution in [1.82, 2.24) is 5.32 Å². The Morgan fingerprint density at radius 1 is 1.42 bits per heavy atom. The molecule has 0 aromatic heterocycles. The third-order valence-electron chi connectivity index (χ3n) is 3.39. The van der Waals surface area contributed by atoms with Crippen molar-refractivity contribution in [1.29, 1.82) is 0 Å². The highest BCUT2D eigenvalue weighted by Gasteiger charge is 2.13. The Labute approximate surface area is 125 Å². The average Bonchev–Trinajstić information content (AvgIpc) is 2.41. The molecule has 0 aliphatic rings. The number of nitrogens with zero attached hydrogens (tertiary/aromatic N) is 1. The van der Waals surface area contributed by atoms with Crippen molar-refractivity contribution < 1.29 is 4.74 Å². The molecule has 0 aliphatic carbocycles. The number of halogens is 1. The smallest absolute Gasteiger partial charge is 0.0637 e. The number of nitrogens with one attached hydrogen (secondary N) is 1. The first-order valence-corrected chi connectivity index (χ1v) is 7.61. The van der Waals surface area contributed by atoms with E-state index in [2.05, 4.69) is 58.2 Å². The van der Waals surface area contributed by atoms with Gasteiger partial charge in [-0.1, -0.05) is 28.9 Å². The van der Waals surface area contributed by atoms with Crippen molar-refractivity contribution in [2.24, 2.45) is 0 Å². The van der Waals surface area contributed by atoms with Crippen LogP contribution in [0.4, 0.5) is 5.69 Å². The van der Waals surface area contributed by atoms with Gasteiger partial charge in [0, 0.05) is 36.4 Å². The summed E-state index contributed by atoms with van der Waals surface area (Å²) in [6.07, 6.45) is 1.12. The summed E-state index contributed by atoms with van der Waals surface area (Å²) < 4.78 is 6.38. The average molecular weight is 329 g/mol. The molecule has 3 nitrogen and oxygen atoms in total. The summed E-state index contributed by atoms with van der Waals surface area (Å²) in [7, 11) is 3.71. The second-order valence-corrected chi connectivity index (χ2v) is 5.60. The fourth-order valence-corrected chi connectivity index (χ4v) is 2.57. The molecule has 0 heterocycles. The van der Waals surface area contributed by atoms with E-state index in [4.69, 9.17) is 4.74 Å². The molecule has 108 valence electrons. The van der Waals surface area contributed by atoms with E-state index >= 15 is 0 Å². The van der Waals surface area contributed by atoms with E-state index in [9.17, 15) is 0 Å². The molecule has 1 aromatic carbocycles. The monoisotopic (exact) mass is 328 g/mol. The van der Waals surface area contributed by atoms with E-state index < -0.39 is 0 Å². The number of hydrogen-bond donors (Lipinski definition) is 1. The molecule has 0 saturated heterocycles. The summed E-state index contributed by atoms with van der Waals surface area (Å²) in [6.45, 7) is 7.02. The summed E-state index contributed by atoms with van der Waals surface area (Å²) in [5, 5.41) is 3.18. The topological polar surface area (TPSA) is 24.5 Å². The number of benzene rings is 1. The predicted octanol–water partition coefficient (Wildman–Crippen LogP) is 3.42. The van der Waals surface area contributed by atoms with Crippen molar-refractivity contribution >= 4 is 21.6 Å². The van der Waals surface area contributed by atoms with Crippen molar-refractivity contribution in [2.45, 2.75) is 32.9 Å². The molecule has 4 heteroatoms. The summed E-state index contributed by atoms with van der Waals surface area (Å²) >= 11 is 3.66. The molecule has 1 N–H and O–H groups in total. The number of methoxy groups -OCH3 is 1. The van der Waals surface area contributed by atoms with Crippen molar-refractivity contribution in [3.05, 3.63) is 28.2 Å². The van der Waals surface area contributed by atoms with Gasteiger partial charge in [0.1, 0.15) is 0 Å². The normalized spacial score (nSPS) is 12.5.